The van der Waals surface area contributed by atoms with Gasteiger partial charge >= 0.3 is 0 Å². The van der Waals surface area contributed by atoms with E-state index in [1.54, 1.807) is 22.6 Å². The van der Waals surface area contributed by atoms with Gasteiger partial charge < -0.3 is 4.90 Å². The van der Waals surface area contributed by atoms with Crippen LogP contribution in [0.15, 0.2) is 53.3 Å². The minimum Gasteiger partial charge on any atom is -0.329 e. The summed E-state index contributed by atoms with van der Waals surface area (Å²) < 4.78 is 15.3. The molecular weight excluding hydrogens is 293 g/mol. The van der Waals surface area contributed by atoms with Crippen molar-refractivity contribution in [3.8, 4) is 0 Å². The number of benzene rings is 1. The summed E-state index contributed by atoms with van der Waals surface area (Å²) in [7, 11) is 1.96. The summed E-state index contributed by atoms with van der Waals surface area (Å²) >= 11 is 0. The number of fused-ring (bicyclic) bond motifs is 1. The molecule has 0 radical (unpaired) electrons. The Kier molecular flexibility index (Phi) is 4.21. The van der Waals surface area contributed by atoms with Crippen LogP contribution in [0.25, 0.3) is 5.65 Å². The van der Waals surface area contributed by atoms with Gasteiger partial charge in [-0.3, -0.25) is 9.20 Å². The van der Waals surface area contributed by atoms with Crippen LogP contribution in [0, 0.1) is 12.7 Å². The van der Waals surface area contributed by atoms with E-state index in [0.717, 1.165) is 16.3 Å². The molecule has 118 valence electrons. The second-order valence-corrected chi connectivity index (χ2v) is 5.85. The molecule has 23 heavy (non-hydrogen) atoms. The molecule has 3 aromatic rings. The molecule has 0 amide bonds. The Balaban J connectivity index is 1.84. The molecule has 0 aliphatic carbocycles. The maximum Gasteiger partial charge on any atom is 0.258 e. The van der Waals surface area contributed by atoms with Gasteiger partial charge in [-0.05, 0) is 25.1 Å². The standard InChI is InChI=1S/C18H18FN3O/c1-13-6-5-9-17-20-15(10-18(23)22(13)17)12-21(2)11-14-7-3-4-8-16(14)19/h3-10H,11-12H2,1-2H3/p+1. The first-order valence-corrected chi connectivity index (χ1v) is 7.57. The van der Waals surface area contributed by atoms with Gasteiger partial charge in [-0.25, -0.2) is 9.37 Å². The summed E-state index contributed by atoms with van der Waals surface area (Å²) in [6.07, 6.45) is 0. The maximum absolute atomic E-state index is 13.7. The quantitative estimate of drug-likeness (QED) is 0.790. The number of aryl methyl sites for hydroxylation is 1. The van der Waals surface area contributed by atoms with Gasteiger partial charge in [0.05, 0.1) is 7.05 Å². The van der Waals surface area contributed by atoms with Crippen molar-refractivity contribution in [1.29, 1.82) is 0 Å². The molecular formula is C18H19FN3O+. The van der Waals surface area contributed by atoms with Gasteiger partial charge in [0.1, 0.15) is 30.2 Å². The number of pyridine rings is 1. The van der Waals surface area contributed by atoms with Crippen molar-refractivity contribution in [3.63, 3.8) is 0 Å². The van der Waals surface area contributed by atoms with E-state index in [0.29, 0.717) is 24.3 Å². The fraction of sp³-hybridized carbons (Fsp3) is 0.222. The SMILES string of the molecule is Cc1cccc2nc(C[NH+](C)Cc3ccccc3F)cc(=O)n12. The Labute approximate surface area is 133 Å². The summed E-state index contributed by atoms with van der Waals surface area (Å²) in [5, 5.41) is 0. The van der Waals surface area contributed by atoms with E-state index in [-0.39, 0.29) is 11.4 Å². The zero-order valence-electron chi connectivity index (χ0n) is 13.2. The van der Waals surface area contributed by atoms with E-state index in [1.165, 1.54) is 6.07 Å². The maximum atomic E-state index is 13.7. The third kappa shape index (κ3) is 3.29. The lowest BCUT2D eigenvalue weighted by Gasteiger charge is -2.14. The van der Waals surface area contributed by atoms with Crippen molar-refractivity contribution in [2.24, 2.45) is 0 Å². The Morgan fingerprint density at radius 2 is 1.91 bits per heavy atom. The number of quaternary nitrogens is 1. The fourth-order valence-corrected chi connectivity index (χ4v) is 2.79. The average Bonchev–Trinajstić information content (AvgIpc) is 2.49. The second kappa shape index (κ2) is 6.30. The highest BCUT2D eigenvalue weighted by atomic mass is 19.1. The number of nitrogens with zero attached hydrogens (tertiary/aromatic N) is 2. The van der Waals surface area contributed by atoms with Gasteiger partial charge in [0.15, 0.2) is 0 Å². The molecule has 1 aromatic carbocycles. The van der Waals surface area contributed by atoms with Crippen LogP contribution in [0.3, 0.4) is 0 Å². The molecule has 2 heterocycles. The number of aromatic nitrogens is 2. The van der Waals surface area contributed by atoms with Crippen LogP contribution < -0.4 is 10.5 Å². The number of rotatable bonds is 4. The van der Waals surface area contributed by atoms with Gasteiger partial charge in [0, 0.05) is 17.3 Å². The van der Waals surface area contributed by atoms with Crippen LogP contribution in [-0.2, 0) is 13.1 Å². The number of halogens is 1. The molecule has 0 fully saturated rings. The molecule has 1 N–H and O–H groups in total. The van der Waals surface area contributed by atoms with Crippen LogP contribution in [0.4, 0.5) is 4.39 Å². The van der Waals surface area contributed by atoms with E-state index < -0.39 is 0 Å². The van der Waals surface area contributed by atoms with Crippen molar-refractivity contribution >= 4 is 5.65 Å². The Hall–Kier alpha value is -2.53. The molecule has 0 saturated heterocycles. The molecule has 4 nitrogen and oxygen atoms in total. The van der Waals surface area contributed by atoms with Gasteiger partial charge in [-0.1, -0.05) is 24.3 Å². The van der Waals surface area contributed by atoms with E-state index >= 15 is 0 Å². The summed E-state index contributed by atoms with van der Waals surface area (Å²) in [4.78, 5) is 17.9. The summed E-state index contributed by atoms with van der Waals surface area (Å²) in [5.41, 5.74) is 2.80. The topological polar surface area (TPSA) is 38.8 Å². The third-order valence-electron chi connectivity index (χ3n) is 3.87. The lowest BCUT2D eigenvalue weighted by Crippen LogP contribution is -3.06. The lowest BCUT2D eigenvalue weighted by atomic mass is 10.2. The zero-order valence-corrected chi connectivity index (χ0v) is 13.2. The van der Waals surface area contributed by atoms with E-state index in [2.05, 4.69) is 4.98 Å². The predicted octanol–water partition coefficient (Wildman–Crippen LogP) is 1.36. The number of hydrogen-bond acceptors (Lipinski definition) is 2. The average molecular weight is 312 g/mol. The molecule has 1 atom stereocenters. The van der Waals surface area contributed by atoms with Gasteiger partial charge in [0.2, 0.25) is 0 Å². The normalized spacial score (nSPS) is 12.5. The summed E-state index contributed by atoms with van der Waals surface area (Å²) in [6, 6.07) is 13.9. The Bertz CT molecular complexity index is 904. The van der Waals surface area contributed by atoms with Gasteiger partial charge in [0.25, 0.3) is 5.56 Å². The van der Waals surface area contributed by atoms with Crippen LogP contribution in [0.5, 0.6) is 0 Å². The Morgan fingerprint density at radius 3 is 2.70 bits per heavy atom. The van der Waals surface area contributed by atoms with Crippen LogP contribution in [0.2, 0.25) is 0 Å². The minimum absolute atomic E-state index is 0.0817. The molecule has 2 aromatic heterocycles. The number of hydrogen-bond donors (Lipinski definition) is 1. The van der Waals surface area contributed by atoms with Crippen molar-refractivity contribution < 1.29 is 9.29 Å². The monoisotopic (exact) mass is 312 g/mol. The van der Waals surface area contributed by atoms with Crippen molar-refractivity contribution in [3.05, 3.63) is 81.7 Å². The molecule has 0 saturated carbocycles. The molecule has 1 unspecified atom stereocenters. The Morgan fingerprint density at radius 1 is 1.13 bits per heavy atom. The largest absolute Gasteiger partial charge is 0.329 e. The van der Waals surface area contributed by atoms with E-state index in [1.807, 2.05) is 38.2 Å². The molecule has 0 bridgehead atoms. The highest BCUT2D eigenvalue weighted by Gasteiger charge is 2.11. The minimum atomic E-state index is -0.200. The first kappa shape index (κ1) is 15.4. The van der Waals surface area contributed by atoms with Crippen molar-refractivity contribution in [2.75, 3.05) is 7.05 Å². The first-order chi connectivity index (χ1) is 11.0. The molecule has 0 aliphatic rings. The zero-order chi connectivity index (χ0) is 16.4. The lowest BCUT2D eigenvalue weighted by molar-refractivity contribution is -0.908. The molecule has 3 rings (SSSR count). The molecule has 0 spiro atoms. The van der Waals surface area contributed by atoms with Crippen molar-refractivity contribution in [2.45, 2.75) is 20.0 Å². The summed E-state index contributed by atoms with van der Waals surface area (Å²) in [5.74, 6) is -0.200. The smallest absolute Gasteiger partial charge is 0.258 e. The second-order valence-electron chi connectivity index (χ2n) is 5.85. The first-order valence-electron chi connectivity index (χ1n) is 7.57. The highest BCUT2D eigenvalue weighted by Crippen LogP contribution is 2.05. The van der Waals surface area contributed by atoms with Crippen LogP contribution in [0.1, 0.15) is 17.0 Å². The summed E-state index contributed by atoms with van der Waals surface area (Å²) in [6.45, 7) is 2.99. The van der Waals surface area contributed by atoms with E-state index in [4.69, 9.17) is 0 Å². The fourth-order valence-electron chi connectivity index (χ4n) is 2.79. The highest BCUT2D eigenvalue weighted by molar-refractivity contribution is 5.40. The third-order valence-corrected chi connectivity index (χ3v) is 3.87. The predicted molar refractivity (Wildman–Crippen MR) is 86.9 cm³/mol. The van der Waals surface area contributed by atoms with Crippen LogP contribution >= 0.6 is 0 Å². The van der Waals surface area contributed by atoms with Gasteiger partial charge in [-0.2, -0.15) is 0 Å². The van der Waals surface area contributed by atoms with E-state index in [9.17, 15) is 9.18 Å². The number of nitrogens with one attached hydrogen (secondary N) is 1. The molecule has 5 heteroatoms. The van der Waals surface area contributed by atoms with Crippen molar-refractivity contribution in [1.82, 2.24) is 9.38 Å². The van der Waals surface area contributed by atoms with Crippen LogP contribution in [-0.4, -0.2) is 16.4 Å². The molecule has 0 aliphatic heterocycles. The van der Waals surface area contributed by atoms with Gasteiger partial charge in [-0.15, -0.1) is 0 Å².